The van der Waals surface area contributed by atoms with Gasteiger partial charge >= 0.3 is 0 Å². The van der Waals surface area contributed by atoms with E-state index in [1.807, 2.05) is 24.3 Å². The van der Waals surface area contributed by atoms with Gasteiger partial charge in [-0.25, -0.2) is 0 Å². The van der Waals surface area contributed by atoms with E-state index in [0.717, 1.165) is 23.7 Å². The number of hydrogen-bond donors (Lipinski definition) is 1. The third-order valence-corrected chi connectivity index (χ3v) is 3.88. The number of nitrogens with one attached hydrogen (secondary N) is 1. The van der Waals surface area contributed by atoms with Gasteiger partial charge in [-0.15, -0.1) is 0 Å². The Bertz CT molecular complexity index is 666. The molecule has 25 heavy (non-hydrogen) atoms. The molecule has 0 aliphatic carbocycles. The Labute approximate surface area is 149 Å². The van der Waals surface area contributed by atoms with Crippen molar-refractivity contribution >= 4 is 17.3 Å². The number of carbonyl (C=O) groups excluding carboxylic acids is 1. The molecule has 0 unspecified atom stereocenters. The minimum Gasteiger partial charge on any atom is -0.497 e. The van der Waals surface area contributed by atoms with Gasteiger partial charge < -0.3 is 19.7 Å². The maximum Gasteiger partial charge on any atom is 0.262 e. The minimum atomic E-state index is -0.195. The van der Waals surface area contributed by atoms with E-state index < -0.39 is 0 Å². The van der Waals surface area contributed by atoms with Gasteiger partial charge in [0.05, 0.1) is 7.11 Å². The Balaban J connectivity index is 1.87. The molecule has 2 aromatic rings. The Hall–Kier alpha value is -2.69. The van der Waals surface area contributed by atoms with Crippen LogP contribution in [0.5, 0.6) is 11.5 Å². The normalized spacial score (nSPS) is 10.4. The average molecular weight is 342 g/mol. The number of rotatable bonds is 8. The van der Waals surface area contributed by atoms with Gasteiger partial charge in [-0.05, 0) is 69.3 Å². The highest BCUT2D eigenvalue weighted by atomic mass is 16.5. The first kappa shape index (κ1) is 18.6. The molecule has 2 aromatic carbocycles. The van der Waals surface area contributed by atoms with Crippen molar-refractivity contribution < 1.29 is 14.3 Å². The molecule has 5 nitrogen and oxygen atoms in total. The first-order chi connectivity index (χ1) is 12.0. The third-order valence-electron chi connectivity index (χ3n) is 3.88. The van der Waals surface area contributed by atoms with Gasteiger partial charge in [0.25, 0.3) is 5.91 Å². The van der Waals surface area contributed by atoms with Crippen molar-refractivity contribution in [3.8, 4) is 11.5 Å². The molecule has 0 bridgehead atoms. The van der Waals surface area contributed by atoms with Gasteiger partial charge in [-0.3, -0.25) is 4.79 Å². The standard InChI is InChI=1S/C20H26N2O3/c1-5-22(15(2)3)17-8-6-16(7-9-17)21-20(23)14-25-19-12-10-18(24-4)11-13-19/h6-13,15H,5,14H2,1-4H3,(H,21,23). The number of ether oxygens (including phenoxy) is 2. The highest BCUT2D eigenvalue weighted by molar-refractivity contribution is 5.92. The summed E-state index contributed by atoms with van der Waals surface area (Å²) in [7, 11) is 1.61. The molecule has 0 fully saturated rings. The van der Waals surface area contributed by atoms with Crippen molar-refractivity contribution in [3.63, 3.8) is 0 Å². The maximum absolute atomic E-state index is 12.0. The Kier molecular flexibility index (Phi) is 6.69. The van der Waals surface area contributed by atoms with Crippen LogP contribution in [0.2, 0.25) is 0 Å². The first-order valence-electron chi connectivity index (χ1n) is 8.47. The van der Waals surface area contributed by atoms with Crippen LogP contribution in [0.15, 0.2) is 48.5 Å². The van der Waals surface area contributed by atoms with Crippen LogP contribution in [0.25, 0.3) is 0 Å². The second-order valence-corrected chi connectivity index (χ2v) is 5.94. The van der Waals surface area contributed by atoms with Gasteiger partial charge in [-0.2, -0.15) is 0 Å². The van der Waals surface area contributed by atoms with E-state index in [4.69, 9.17) is 9.47 Å². The Morgan fingerprint density at radius 3 is 2.16 bits per heavy atom. The Morgan fingerprint density at radius 2 is 1.64 bits per heavy atom. The molecule has 0 spiro atoms. The SMILES string of the molecule is CCN(c1ccc(NC(=O)COc2ccc(OC)cc2)cc1)C(C)C. The van der Waals surface area contributed by atoms with E-state index >= 15 is 0 Å². The number of hydrogen-bond acceptors (Lipinski definition) is 4. The van der Waals surface area contributed by atoms with Crippen LogP contribution < -0.4 is 19.7 Å². The molecule has 0 radical (unpaired) electrons. The average Bonchev–Trinajstić information content (AvgIpc) is 2.62. The number of nitrogens with zero attached hydrogens (tertiary/aromatic N) is 1. The smallest absolute Gasteiger partial charge is 0.262 e. The van der Waals surface area contributed by atoms with E-state index in [0.29, 0.717) is 11.8 Å². The molecular formula is C20H26N2O3. The van der Waals surface area contributed by atoms with E-state index in [1.54, 1.807) is 31.4 Å². The number of benzene rings is 2. The zero-order chi connectivity index (χ0) is 18.2. The van der Waals surface area contributed by atoms with Crippen molar-refractivity contribution in [1.82, 2.24) is 0 Å². The second-order valence-electron chi connectivity index (χ2n) is 5.94. The van der Waals surface area contributed by atoms with Crippen molar-refractivity contribution in [2.45, 2.75) is 26.8 Å². The fourth-order valence-electron chi connectivity index (χ4n) is 2.60. The summed E-state index contributed by atoms with van der Waals surface area (Å²) in [5.41, 5.74) is 1.90. The van der Waals surface area contributed by atoms with Crippen LogP contribution in [0.3, 0.4) is 0 Å². The summed E-state index contributed by atoms with van der Waals surface area (Å²) in [6.45, 7) is 7.36. The molecule has 0 saturated heterocycles. The van der Waals surface area contributed by atoms with Crippen LogP contribution in [-0.4, -0.2) is 32.2 Å². The fourth-order valence-corrected chi connectivity index (χ4v) is 2.60. The predicted octanol–water partition coefficient (Wildman–Crippen LogP) is 3.95. The van der Waals surface area contributed by atoms with E-state index in [-0.39, 0.29) is 12.5 Å². The summed E-state index contributed by atoms with van der Waals surface area (Å²) < 4.78 is 10.6. The van der Waals surface area contributed by atoms with Crippen LogP contribution in [0, 0.1) is 0 Å². The quantitative estimate of drug-likeness (QED) is 0.789. The topological polar surface area (TPSA) is 50.8 Å². The summed E-state index contributed by atoms with van der Waals surface area (Å²) in [5, 5.41) is 2.84. The zero-order valence-electron chi connectivity index (χ0n) is 15.3. The minimum absolute atomic E-state index is 0.0405. The van der Waals surface area contributed by atoms with Crippen LogP contribution in [-0.2, 0) is 4.79 Å². The van der Waals surface area contributed by atoms with Crippen LogP contribution in [0.4, 0.5) is 11.4 Å². The molecule has 0 heterocycles. The Morgan fingerprint density at radius 1 is 1.04 bits per heavy atom. The van der Waals surface area contributed by atoms with Crippen LogP contribution >= 0.6 is 0 Å². The fraction of sp³-hybridized carbons (Fsp3) is 0.350. The van der Waals surface area contributed by atoms with Crippen molar-refractivity contribution in [2.24, 2.45) is 0 Å². The molecule has 134 valence electrons. The molecule has 2 rings (SSSR count). The first-order valence-corrected chi connectivity index (χ1v) is 8.47. The lowest BCUT2D eigenvalue weighted by molar-refractivity contribution is -0.118. The number of amides is 1. The summed E-state index contributed by atoms with van der Waals surface area (Å²) in [4.78, 5) is 14.3. The second kappa shape index (κ2) is 8.97. The molecule has 5 heteroatoms. The monoisotopic (exact) mass is 342 g/mol. The molecule has 0 aliphatic heterocycles. The van der Waals surface area contributed by atoms with Crippen LogP contribution in [0.1, 0.15) is 20.8 Å². The largest absolute Gasteiger partial charge is 0.497 e. The summed E-state index contributed by atoms with van der Waals surface area (Å²) in [6.07, 6.45) is 0. The number of carbonyl (C=O) groups is 1. The maximum atomic E-state index is 12.0. The highest BCUT2D eigenvalue weighted by Crippen LogP contribution is 2.20. The van der Waals surface area contributed by atoms with Gasteiger partial charge in [0.2, 0.25) is 0 Å². The van der Waals surface area contributed by atoms with Crippen molar-refractivity contribution in [2.75, 3.05) is 30.5 Å². The number of anilines is 2. The van der Waals surface area contributed by atoms with Gasteiger partial charge in [0.1, 0.15) is 11.5 Å². The molecule has 0 aromatic heterocycles. The lowest BCUT2D eigenvalue weighted by atomic mass is 10.2. The van der Waals surface area contributed by atoms with Crippen molar-refractivity contribution in [1.29, 1.82) is 0 Å². The summed E-state index contributed by atoms with van der Waals surface area (Å²) >= 11 is 0. The van der Waals surface area contributed by atoms with E-state index in [9.17, 15) is 4.79 Å². The summed E-state index contributed by atoms with van der Waals surface area (Å²) in [5.74, 6) is 1.18. The molecular weight excluding hydrogens is 316 g/mol. The van der Waals surface area contributed by atoms with E-state index in [1.165, 1.54) is 0 Å². The van der Waals surface area contributed by atoms with Gasteiger partial charge in [-0.1, -0.05) is 0 Å². The van der Waals surface area contributed by atoms with Gasteiger partial charge in [0.15, 0.2) is 6.61 Å². The zero-order valence-corrected chi connectivity index (χ0v) is 15.3. The summed E-state index contributed by atoms with van der Waals surface area (Å²) in [6, 6.07) is 15.4. The molecule has 1 amide bonds. The molecule has 0 aliphatic rings. The third kappa shape index (κ3) is 5.41. The lowest BCUT2D eigenvalue weighted by Gasteiger charge is -2.27. The van der Waals surface area contributed by atoms with Crippen molar-refractivity contribution in [3.05, 3.63) is 48.5 Å². The predicted molar refractivity (Wildman–Crippen MR) is 102 cm³/mol. The number of methoxy groups -OCH3 is 1. The highest BCUT2D eigenvalue weighted by Gasteiger charge is 2.09. The molecule has 1 N–H and O–H groups in total. The lowest BCUT2D eigenvalue weighted by Crippen LogP contribution is -2.30. The van der Waals surface area contributed by atoms with E-state index in [2.05, 4.69) is 31.0 Å². The van der Waals surface area contributed by atoms with Gasteiger partial charge in [0, 0.05) is 24.0 Å². The molecule has 0 atom stereocenters. The molecule has 0 saturated carbocycles.